The molecule has 0 aliphatic rings. The molecule has 0 fully saturated rings. The van der Waals surface area contributed by atoms with Crippen LogP contribution in [0.25, 0.3) is 11.3 Å². The lowest BCUT2D eigenvalue weighted by Crippen LogP contribution is -2.01. The number of carbonyl (C=O) groups excluding carboxylic acids is 1. The maximum atomic E-state index is 11.2. The van der Waals surface area contributed by atoms with Gasteiger partial charge < -0.3 is 0 Å². The minimum Gasteiger partial charge on any atom is -0.291 e. The van der Waals surface area contributed by atoms with E-state index in [1.165, 1.54) is 12.5 Å². The molecular weight excluding hydrogens is 224 g/mol. The molecule has 1 aromatic heterocycles. The van der Waals surface area contributed by atoms with Crippen LogP contribution in [-0.2, 0) is 0 Å². The number of hydrogen-bond donors (Lipinski definition) is 0. The summed E-state index contributed by atoms with van der Waals surface area (Å²) in [5.74, 6) is 0.660. The summed E-state index contributed by atoms with van der Waals surface area (Å²) in [5.41, 5.74) is 3.08. The van der Waals surface area contributed by atoms with Gasteiger partial charge >= 0.3 is 0 Å². The minimum absolute atomic E-state index is 0.115. The Morgan fingerprint density at radius 2 is 1.78 bits per heavy atom. The van der Waals surface area contributed by atoms with E-state index < -0.39 is 0 Å². The second-order valence-electron chi connectivity index (χ2n) is 4.60. The van der Waals surface area contributed by atoms with Gasteiger partial charge in [0.15, 0.2) is 11.6 Å². The van der Waals surface area contributed by atoms with Crippen LogP contribution in [0.4, 0.5) is 0 Å². The summed E-state index contributed by atoms with van der Waals surface area (Å²) in [7, 11) is 0. The van der Waals surface area contributed by atoms with Gasteiger partial charge in [0.05, 0.1) is 5.69 Å². The third-order valence-electron chi connectivity index (χ3n) is 2.84. The van der Waals surface area contributed by atoms with Crippen molar-refractivity contribution < 1.29 is 4.79 Å². The van der Waals surface area contributed by atoms with Crippen LogP contribution in [-0.4, -0.2) is 15.8 Å². The summed E-state index contributed by atoms with van der Waals surface area (Å²) in [6, 6.07) is 10.1. The maximum absolute atomic E-state index is 11.2. The number of carbonyl (C=O) groups is 1. The van der Waals surface area contributed by atoms with E-state index in [-0.39, 0.29) is 11.6 Å². The summed E-state index contributed by atoms with van der Waals surface area (Å²) in [6.07, 6.45) is 1.62. The van der Waals surface area contributed by atoms with Crippen molar-refractivity contribution in [3.8, 4) is 11.3 Å². The van der Waals surface area contributed by atoms with Crippen molar-refractivity contribution in [3.63, 3.8) is 0 Å². The topological polar surface area (TPSA) is 42.9 Å². The summed E-state index contributed by atoms with van der Waals surface area (Å²) in [5, 5.41) is 0. The van der Waals surface area contributed by atoms with Crippen molar-refractivity contribution in [3.05, 3.63) is 47.9 Å². The highest BCUT2D eigenvalue weighted by atomic mass is 16.1. The van der Waals surface area contributed by atoms with Gasteiger partial charge in [0.1, 0.15) is 0 Å². The third kappa shape index (κ3) is 2.62. The Morgan fingerprint density at radius 3 is 2.33 bits per heavy atom. The average molecular weight is 240 g/mol. The van der Waals surface area contributed by atoms with Gasteiger partial charge in [-0.15, -0.1) is 0 Å². The van der Waals surface area contributed by atoms with Crippen molar-refractivity contribution in [2.75, 3.05) is 0 Å². The van der Waals surface area contributed by atoms with Crippen LogP contribution >= 0.6 is 0 Å². The molecule has 92 valence electrons. The molecule has 3 heteroatoms. The Balaban J connectivity index is 2.36. The first-order valence-corrected chi connectivity index (χ1v) is 6.02. The van der Waals surface area contributed by atoms with Crippen molar-refractivity contribution in [2.45, 2.75) is 26.7 Å². The number of aromatic nitrogens is 2. The highest BCUT2D eigenvalue weighted by Gasteiger charge is 2.06. The largest absolute Gasteiger partial charge is 0.291 e. The molecule has 1 heterocycles. The van der Waals surface area contributed by atoms with Crippen LogP contribution in [0, 0.1) is 0 Å². The van der Waals surface area contributed by atoms with Crippen LogP contribution in [0.15, 0.2) is 36.5 Å². The fourth-order valence-electron chi connectivity index (χ4n) is 1.73. The van der Waals surface area contributed by atoms with Crippen LogP contribution in [0.2, 0.25) is 0 Å². The summed E-state index contributed by atoms with van der Waals surface area (Å²) >= 11 is 0. The molecule has 0 spiro atoms. The lowest BCUT2D eigenvalue weighted by molar-refractivity contribution is 0.100. The monoisotopic (exact) mass is 240 g/mol. The number of rotatable bonds is 3. The highest BCUT2D eigenvalue weighted by Crippen LogP contribution is 2.20. The van der Waals surface area contributed by atoms with Gasteiger partial charge in [0, 0.05) is 18.7 Å². The first-order chi connectivity index (χ1) is 8.58. The molecule has 0 saturated heterocycles. The smallest absolute Gasteiger partial charge is 0.196 e. The quantitative estimate of drug-likeness (QED) is 0.771. The second kappa shape index (κ2) is 5.08. The molecular formula is C15H16N2O. The van der Waals surface area contributed by atoms with Gasteiger partial charge in [0.2, 0.25) is 0 Å². The van der Waals surface area contributed by atoms with E-state index in [1.54, 1.807) is 6.20 Å². The summed E-state index contributed by atoms with van der Waals surface area (Å²) < 4.78 is 0. The fourth-order valence-corrected chi connectivity index (χ4v) is 1.73. The molecule has 0 aliphatic carbocycles. The van der Waals surface area contributed by atoms with Gasteiger partial charge in [-0.3, -0.25) is 4.79 Å². The lowest BCUT2D eigenvalue weighted by Gasteiger charge is -2.07. The molecule has 2 aromatic rings. The van der Waals surface area contributed by atoms with Crippen molar-refractivity contribution in [1.82, 2.24) is 9.97 Å². The Morgan fingerprint density at radius 1 is 1.11 bits per heavy atom. The van der Waals surface area contributed by atoms with Crippen LogP contribution in [0.5, 0.6) is 0 Å². The molecule has 0 amide bonds. The Labute approximate surface area is 107 Å². The molecule has 1 aromatic carbocycles. The van der Waals surface area contributed by atoms with Crippen LogP contribution in [0.3, 0.4) is 0 Å². The predicted octanol–water partition coefficient (Wildman–Crippen LogP) is 3.47. The molecule has 3 nitrogen and oxygen atoms in total. The molecule has 0 aliphatic heterocycles. The standard InChI is InChI=1S/C15H16N2O/c1-10(2)12-4-6-13(7-5-12)14-8-9-16-15(17-14)11(3)18/h4-10H,1-3H3. The van der Waals surface area contributed by atoms with Crippen molar-refractivity contribution >= 4 is 5.78 Å². The first kappa shape index (κ1) is 12.4. The molecule has 0 bridgehead atoms. The lowest BCUT2D eigenvalue weighted by atomic mass is 10.0. The predicted molar refractivity (Wildman–Crippen MR) is 71.6 cm³/mol. The third-order valence-corrected chi connectivity index (χ3v) is 2.84. The molecule has 0 radical (unpaired) electrons. The average Bonchev–Trinajstić information content (AvgIpc) is 2.39. The number of ketones is 1. The van der Waals surface area contributed by atoms with E-state index >= 15 is 0 Å². The Bertz CT molecular complexity index is 559. The molecule has 18 heavy (non-hydrogen) atoms. The summed E-state index contributed by atoms with van der Waals surface area (Å²) in [6.45, 7) is 5.79. The molecule has 2 rings (SSSR count). The van der Waals surface area contributed by atoms with Crippen LogP contribution in [0.1, 0.15) is 42.9 Å². The molecule has 0 atom stereocenters. The first-order valence-electron chi connectivity index (χ1n) is 6.02. The zero-order valence-corrected chi connectivity index (χ0v) is 10.8. The Kier molecular flexibility index (Phi) is 3.51. The zero-order chi connectivity index (χ0) is 13.1. The van der Waals surface area contributed by atoms with Crippen molar-refractivity contribution in [2.24, 2.45) is 0 Å². The number of Topliss-reactive ketones (excluding diaryl/α,β-unsaturated/α-hetero) is 1. The molecule has 0 saturated carbocycles. The normalized spacial score (nSPS) is 10.7. The van der Waals surface area contributed by atoms with E-state index in [0.29, 0.717) is 5.92 Å². The number of benzene rings is 1. The fraction of sp³-hybridized carbons (Fsp3) is 0.267. The minimum atomic E-state index is -0.115. The van der Waals surface area contributed by atoms with Gasteiger partial charge in [-0.05, 0) is 17.5 Å². The summed E-state index contributed by atoms with van der Waals surface area (Å²) in [4.78, 5) is 19.5. The zero-order valence-electron chi connectivity index (χ0n) is 10.8. The van der Waals surface area contributed by atoms with Crippen molar-refractivity contribution in [1.29, 1.82) is 0 Å². The van der Waals surface area contributed by atoms with Gasteiger partial charge in [0.25, 0.3) is 0 Å². The van der Waals surface area contributed by atoms with E-state index in [2.05, 4.69) is 35.9 Å². The SMILES string of the molecule is CC(=O)c1nccc(-c2ccc(C(C)C)cc2)n1. The van der Waals surface area contributed by atoms with E-state index in [1.807, 2.05) is 18.2 Å². The van der Waals surface area contributed by atoms with Gasteiger partial charge in [-0.25, -0.2) is 9.97 Å². The Hall–Kier alpha value is -2.03. The van der Waals surface area contributed by atoms with Gasteiger partial charge in [-0.1, -0.05) is 38.1 Å². The number of hydrogen-bond acceptors (Lipinski definition) is 3. The van der Waals surface area contributed by atoms with E-state index in [0.717, 1.165) is 11.3 Å². The van der Waals surface area contributed by atoms with Gasteiger partial charge in [-0.2, -0.15) is 0 Å². The van der Waals surface area contributed by atoms with E-state index in [9.17, 15) is 4.79 Å². The molecule has 0 N–H and O–H groups in total. The number of nitrogens with zero attached hydrogens (tertiary/aromatic N) is 2. The van der Waals surface area contributed by atoms with Crippen LogP contribution < -0.4 is 0 Å². The highest BCUT2D eigenvalue weighted by molar-refractivity contribution is 5.90. The van der Waals surface area contributed by atoms with E-state index in [4.69, 9.17) is 0 Å². The maximum Gasteiger partial charge on any atom is 0.196 e. The second-order valence-corrected chi connectivity index (χ2v) is 4.60. The molecule has 0 unspecified atom stereocenters.